The van der Waals surface area contributed by atoms with Crippen LogP contribution >= 0.6 is 0 Å². The minimum atomic E-state index is -0.295. The van der Waals surface area contributed by atoms with Crippen LogP contribution in [0.25, 0.3) is 0 Å². The third kappa shape index (κ3) is 1.97. The summed E-state index contributed by atoms with van der Waals surface area (Å²) in [6.07, 6.45) is 1.28. The molecule has 0 aromatic carbocycles. The Morgan fingerprint density at radius 2 is 2.67 bits per heavy atom. The minimum absolute atomic E-state index is 0.111. The third-order valence-corrected chi connectivity index (χ3v) is 2.32. The van der Waals surface area contributed by atoms with Crippen molar-refractivity contribution in [1.29, 1.82) is 0 Å². The summed E-state index contributed by atoms with van der Waals surface area (Å²) in [5.41, 5.74) is 0. The van der Waals surface area contributed by atoms with Gasteiger partial charge in [0.2, 0.25) is 5.82 Å². The standard InChI is InChI=1S/C8H12N4O3/c13-3-6-4-15-2-1-12(6)8(14)7-9-5-10-11-7/h5-6,13H,1-4H2,(H,9,10,11). The predicted molar refractivity (Wildman–Crippen MR) is 49.1 cm³/mol. The molecular formula is C8H12N4O3. The molecule has 0 spiro atoms. The summed E-state index contributed by atoms with van der Waals surface area (Å²) >= 11 is 0. The molecule has 1 atom stereocenters. The van der Waals surface area contributed by atoms with Gasteiger partial charge in [-0.25, -0.2) is 4.98 Å². The van der Waals surface area contributed by atoms with Gasteiger partial charge in [-0.1, -0.05) is 0 Å². The number of carbonyl (C=O) groups is 1. The van der Waals surface area contributed by atoms with Crippen LogP contribution in [0.1, 0.15) is 10.6 Å². The van der Waals surface area contributed by atoms with E-state index in [1.807, 2.05) is 0 Å². The van der Waals surface area contributed by atoms with E-state index in [1.165, 1.54) is 6.33 Å². The maximum absolute atomic E-state index is 11.9. The second-order valence-corrected chi connectivity index (χ2v) is 3.24. The number of morpholine rings is 1. The van der Waals surface area contributed by atoms with E-state index in [2.05, 4.69) is 15.2 Å². The van der Waals surface area contributed by atoms with Crippen molar-refractivity contribution in [3.63, 3.8) is 0 Å². The normalized spacial score (nSPS) is 21.7. The van der Waals surface area contributed by atoms with E-state index in [0.717, 1.165) is 0 Å². The Morgan fingerprint density at radius 3 is 3.33 bits per heavy atom. The van der Waals surface area contributed by atoms with Crippen molar-refractivity contribution in [2.45, 2.75) is 6.04 Å². The van der Waals surface area contributed by atoms with Gasteiger partial charge in [-0.2, -0.15) is 5.10 Å². The van der Waals surface area contributed by atoms with Gasteiger partial charge in [0.1, 0.15) is 6.33 Å². The topological polar surface area (TPSA) is 91.3 Å². The molecule has 2 N–H and O–H groups in total. The number of H-pyrrole nitrogens is 1. The fourth-order valence-electron chi connectivity index (χ4n) is 1.52. The van der Waals surface area contributed by atoms with E-state index >= 15 is 0 Å². The molecule has 2 heterocycles. The predicted octanol–water partition coefficient (Wildman–Crippen LogP) is -1.36. The molecule has 1 fully saturated rings. The highest BCUT2D eigenvalue weighted by Gasteiger charge is 2.28. The minimum Gasteiger partial charge on any atom is -0.394 e. The molecule has 1 unspecified atom stereocenters. The first-order valence-electron chi connectivity index (χ1n) is 4.68. The number of aromatic nitrogens is 3. The molecule has 1 saturated heterocycles. The summed E-state index contributed by atoms with van der Waals surface area (Å²) in [6, 6.07) is -0.295. The van der Waals surface area contributed by atoms with Crippen molar-refractivity contribution >= 4 is 5.91 Å². The van der Waals surface area contributed by atoms with Crippen LogP contribution in [-0.4, -0.2) is 63.5 Å². The van der Waals surface area contributed by atoms with E-state index in [9.17, 15) is 4.79 Å². The average Bonchev–Trinajstić information content (AvgIpc) is 2.81. The van der Waals surface area contributed by atoms with E-state index < -0.39 is 0 Å². The quantitative estimate of drug-likeness (QED) is 0.631. The zero-order chi connectivity index (χ0) is 10.7. The van der Waals surface area contributed by atoms with Gasteiger partial charge in [-0.05, 0) is 0 Å². The molecule has 1 aliphatic rings. The number of carbonyl (C=O) groups excluding carboxylic acids is 1. The first-order chi connectivity index (χ1) is 7.33. The lowest BCUT2D eigenvalue weighted by Gasteiger charge is -2.33. The van der Waals surface area contributed by atoms with Crippen LogP contribution < -0.4 is 0 Å². The van der Waals surface area contributed by atoms with Crippen molar-refractivity contribution in [3.8, 4) is 0 Å². The molecule has 2 rings (SSSR count). The van der Waals surface area contributed by atoms with E-state index in [4.69, 9.17) is 9.84 Å². The number of aromatic amines is 1. The summed E-state index contributed by atoms with van der Waals surface area (Å²) < 4.78 is 5.17. The van der Waals surface area contributed by atoms with Crippen molar-refractivity contribution < 1.29 is 14.6 Å². The van der Waals surface area contributed by atoms with Crippen LogP contribution in [0.4, 0.5) is 0 Å². The number of aliphatic hydroxyl groups excluding tert-OH is 1. The number of ether oxygens (including phenoxy) is 1. The van der Waals surface area contributed by atoms with E-state index in [-0.39, 0.29) is 24.4 Å². The molecule has 82 valence electrons. The van der Waals surface area contributed by atoms with Crippen LogP contribution in [0.2, 0.25) is 0 Å². The van der Waals surface area contributed by atoms with Gasteiger partial charge < -0.3 is 14.7 Å². The SMILES string of the molecule is O=C(c1ncn[nH]1)N1CCOCC1CO. The Kier molecular flexibility index (Phi) is 2.93. The molecule has 7 heteroatoms. The highest BCUT2D eigenvalue weighted by Crippen LogP contribution is 2.09. The van der Waals surface area contributed by atoms with Crippen LogP contribution in [-0.2, 0) is 4.74 Å². The summed E-state index contributed by atoms with van der Waals surface area (Å²) in [7, 11) is 0. The van der Waals surface area contributed by atoms with Gasteiger partial charge in [-0.3, -0.25) is 9.89 Å². The number of aliphatic hydroxyl groups is 1. The second kappa shape index (κ2) is 4.37. The summed E-state index contributed by atoms with van der Waals surface area (Å²) in [4.78, 5) is 17.2. The lowest BCUT2D eigenvalue weighted by Crippen LogP contribution is -2.50. The van der Waals surface area contributed by atoms with Gasteiger partial charge >= 0.3 is 0 Å². The van der Waals surface area contributed by atoms with E-state index in [0.29, 0.717) is 19.8 Å². The van der Waals surface area contributed by atoms with Crippen molar-refractivity contribution in [2.75, 3.05) is 26.4 Å². The number of nitrogens with one attached hydrogen (secondary N) is 1. The maximum atomic E-state index is 11.9. The molecule has 1 aliphatic heterocycles. The number of hydrogen-bond donors (Lipinski definition) is 2. The lowest BCUT2D eigenvalue weighted by atomic mass is 10.2. The van der Waals surface area contributed by atoms with Gasteiger partial charge in [0, 0.05) is 6.54 Å². The van der Waals surface area contributed by atoms with Gasteiger partial charge in [0.05, 0.1) is 25.9 Å². The molecule has 15 heavy (non-hydrogen) atoms. The Morgan fingerprint density at radius 1 is 1.80 bits per heavy atom. The molecule has 0 radical (unpaired) electrons. The number of nitrogens with zero attached hydrogens (tertiary/aromatic N) is 3. The number of rotatable bonds is 2. The van der Waals surface area contributed by atoms with Crippen molar-refractivity contribution in [1.82, 2.24) is 20.1 Å². The first-order valence-corrected chi connectivity index (χ1v) is 4.68. The van der Waals surface area contributed by atoms with Crippen molar-refractivity contribution in [2.24, 2.45) is 0 Å². The molecule has 0 saturated carbocycles. The van der Waals surface area contributed by atoms with Crippen LogP contribution in [0.15, 0.2) is 6.33 Å². The highest BCUT2D eigenvalue weighted by molar-refractivity contribution is 5.90. The summed E-state index contributed by atoms with van der Waals surface area (Å²) in [5, 5.41) is 15.2. The zero-order valence-corrected chi connectivity index (χ0v) is 8.09. The molecule has 7 nitrogen and oxygen atoms in total. The highest BCUT2D eigenvalue weighted by atomic mass is 16.5. The molecule has 1 aromatic rings. The maximum Gasteiger partial charge on any atom is 0.291 e. The van der Waals surface area contributed by atoms with Crippen LogP contribution in [0.5, 0.6) is 0 Å². The Bertz CT molecular complexity index is 327. The smallest absolute Gasteiger partial charge is 0.291 e. The van der Waals surface area contributed by atoms with Gasteiger partial charge in [0.15, 0.2) is 0 Å². The third-order valence-electron chi connectivity index (χ3n) is 2.32. The monoisotopic (exact) mass is 212 g/mol. The second-order valence-electron chi connectivity index (χ2n) is 3.24. The van der Waals surface area contributed by atoms with Crippen LogP contribution in [0.3, 0.4) is 0 Å². The molecule has 1 amide bonds. The molecule has 0 bridgehead atoms. The number of hydrogen-bond acceptors (Lipinski definition) is 5. The number of amides is 1. The first kappa shape index (κ1) is 10.1. The summed E-state index contributed by atoms with van der Waals surface area (Å²) in [6.45, 7) is 1.19. The lowest BCUT2D eigenvalue weighted by molar-refractivity contribution is -0.0189. The van der Waals surface area contributed by atoms with Gasteiger partial charge in [0.25, 0.3) is 5.91 Å². The Balaban J connectivity index is 2.11. The zero-order valence-electron chi connectivity index (χ0n) is 8.09. The Hall–Kier alpha value is -1.47. The largest absolute Gasteiger partial charge is 0.394 e. The van der Waals surface area contributed by atoms with Gasteiger partial charge in [-0.15, -0.1) is 0 Å². The van der Waals surface area contributed by atoms with Crippen LogP contribution in [0, 0.1) is 0 Å². The Labute approximate surface area is 86.1 Å². The fraction of sp³-hybridized carbons (Fsp3) is 0.625. The van der Waals surface area contributed by atoms with E-state index in [1.54, 1.807) is 4.90 Å². The molecule has 0 aliphatic carbocycles. The van der Waals surface area contributed by atoms with Crippen molar-refractivity contribution in [3.05, 3.63) is 12.2 Å². The average molecular weight is 212 g/mol. The summed E-state index contributed by atoms with van der Waals surface area (Å²) in [5.74, 6) is -0.0646. The fourth-order valence-corrected chi connectivity index (χ4v) is 1.52. The molecular weight excluding hydrogens is 200 g/mol. The molecule has 1 aromatic heterocycles.